The lowest BCUT2D eigenvalue weighted by atomic mass is 10.0. The molecule has 0 spiro atoms. The van der Waals surface area contributed by atoms with E-state index in [0.717, 1.165) is 29.8 Å². The van der Waals surface area contributed by atoms with Crippen LogP contribution in [0.1, 0.15) is 24.7 Å². The van der Waals surface area contributed by atoms with E-state index >= 15 is 0 Å². The number of ether oxygens (including phenoxy) is 1. The Bertz CT molecular complexity index is 1030. The Kier molecular flexibility index (Phi) is 5.77. The normalized spacial score (nSPS) is 15.1. The number of hydrogen-bond donors (Lipinski definition) is 1. The highest BCUT2D eigenvalue weighted by molar-refractivity contribution is 9.10. The van der Waals surface area contributed by atoms with Crippen LogP contribution in [0, 0.1) is 5.82 Å². The van der Waals surface area contributed by atoms with Crippen LogP contribution >= 0.6 is 15.9 Å². The van der Waals surface area contributed by atoms with Crippen LogP contribution in [-0.2, 0) is 11.3 Å². The molecule has 1 aliphatic rings. The van der Waals surface area contributed by atoms with Gasteiger partial charge in [-0.3, -0.25) is 0 Å². The van der Waals surface area contributed by atoms with E-state index in [1.807, 2.05) is 12.1 Å². The third-order valence-electron chi connectivity index (χ3n) is 5.08. The molecule has 1 aromatic carbocycles. The number of piperidine rings is 1. The number of pyridine rings is 1. The van der Waals surface area contributed by atoms with Crippen molar-refractivity contribution in [2.24, 2.45) is 0 Å². The number of hydrogen-bond acceptors (Lipinski definition) is 4. The number of likely N-dealkylation sites (tertiary alicyclic amines) is 1. The van der Waals surface area contributed by atoms with Crippen LogP contribution in [0.5, 0.6) is 0 Å². The van der Waals surface area contributed by atoms with Crippen LogP contribution in [0.15, 0.2) is 41.0 Å². The van der Waals surface area contributed by atoms with Gasteiger partial charge in [-0.05, 0) is 43.2 Å². The predicted octanol–water partition coefficient (Wildman–Crippen LogP) is 4.35. The summed E-state index contributed by atoms with van der Waals surface area (Å²) in [6, 6.07) is 8.25. The molecule has 3 heterocycles. The molecule has 7 nitrogen and oxygen atoms in total. The number of carbonyl (C=O) groups is 1. The van der Waals surface area contributed by atoms with E-state index in [4.69, 9.17) is 4.74 Å². The van der Waals surface area contributed by atoms with Crippen LogP contribution in [0.25, 0.3) is 11.2 Å². The quantitative estimate of drug-likeness (QED) is 0.626. The number of amides is 2. The van der Waals surface area contributed by atoms with Crippen LogP contribution in [0.3, 0.4) is 0 Å². The van der Waals surface area contributed by atoms with Crippen molar-refractivity contribution < 1.29 is 13.9 Å². The Morgan fingerprint density at radius 3 is 2.86 bits per heavy atom. The zero-order chi connectivity index (χ0) is 20.4. The van der Waals surface area contributed by atoms with Crippen molar-refractivity contribution in [3.05, 3.63) is 52.6 Å². The van der Waals surface area contributed by atoms with Gasteiger partial charge in [0, 0.05) is 36.9 Å². The van der Waals surface area contributed by atoms with Gasteiger partial charge in [-0.25, -0.2) is 19.2 Å². The SMILES string of the molecule is COCc1nc2cccnc2n1C1CCN(C(=O)Nc2ccc(Br)cc2F)CC1. The van der Waals surface area contributed by atoms with Crippen molar-refractivity contribution in [1.29, 1.82) is 0 Å². The molecule has 9 heteroatoms. The van der Waals surface area contributed by atoms with Gasteiger partial charge in [0.15, 0.2) is 5.65 Å². The maximum absolute atomic E-state index is 14.0. The minimum Gasteiger partial charge on any atom is -0.377 e. The summed E-state index contributed by atoms with van der Waals surface area (Å²) in [6.45, 7) is 1.53. The minimum absolute atomic E-state index is 0.174. The third-order valence-corrected chi connectivity index (χ3v) is 5.58. The Morgan fingerprint density at radius 2 is 2.14 bits per heavy atom. The molecule has 0 aliphatic carbocycles. The molecule has 1 fully saturated rings. The molecule has 0 unspecified atom stereocenters. The minimum atomic E-state index is -0.470. The molecule has 1 N–H and O–H groups in total. The maximum Gasteiger partial charge on any atom is 0.321 e. The summed E-state index contributed by atoms with van der Waals surface area (Å²) in [5.74, 6) is 0.365. The van der Waals surface area contributed by atoms with E-state index in [0.29, 0.717) is 24.2 Å². The Hall–Kier alpha value is -2.52. The van der Waals surface area contributed by atoms with Gasteiger partial charge in [-0.1, -0.05) is 15.9 Å². The lowest BCUT2D eigenvalue weighted by molar-refractivity contribution is 0.162. The van der Waals surface area contributed by atoms with E-state index in [1.54, 1.807) is 30.3 Å². The summed E-state index contributed by atoms with van der Waals surface area (Å²) >= 11 is 3.21. The molecule has 4 rings (SSSR count). The summed E-state index contributed by atoms with van der Waals surface area (Å²) in [4.78, 5) is 23.4. The highest BCUT2D eigenvalue weighted by Crippen LogP contribution is 2.29. The molecular weight excluding hydrogens is 441 g/mol. The lowest BCUT2D eigenvalue weighted by Crippen LogP contribution is -2.41. The number of urea groups is 1. The second-order valence-electron chi connectivity index (χ2n) is 6.95. The van der Waals surface area contributed by atoms with Gasteiger partial charge in [-0.15, -0.1) is 0 Å². The number of methoxy groups -OCH3 is 1. The Balaban J connectivity index is 1.46. The van der Waals surface area contributed by atoms with E-state index in [9.17, 15) is 9.18 Å². The number of benzene rings is 1. The zero-order valence-electron chi connectivity index (χ0n) is 15.9. The van der Waals surface area contributed by atoms with Crippen molar-refractivity contribution in [3.63, 3.8) is 0 Å². The van der Waals surface area contributed by atoms with Crippen molar-refractivity contribution in [2.75, 3.05) is 25.5 Å². The number of nitrogens with zero attached hydrogens (tertiary/aromatic N) is 4. The molecular formula is C20H21BrFN5O2. The molecule has 2 amide bonds. The fraction of sp³-hybridized carbons (Fsp3) is 0.350. The van der Waals surface area contributed by atoms with Gasteiger partial charge in [0.1, 0.15) is 23.8 Å². The fourth-order valence-corrected chi connectivity index (χ4v) is 4.04. The highest BCUT2D eigenvalue weighted by Gasteiger charge is 2.27. The summed E-state index contributed by atoms with van der Waals surface area (Å²) in [5.41, 5.74) is 1.84. The van der Waals surface area contributed by atoms with Crippen LogP contribution < -0.4 is 5.32 Å². The van der Waals surface area contributed by atoms with Crippen molar-refractivity contribution >= 4 is 38.8 Å². The molecule has 1 saturated heterocycles. The number of carbonyl (C=O) groups excluding carboxylic acids is 1. The average Bonchev–Trinajstić information content (AvgIpc) is 3.08. The monoisotopic (exact) mass is 461 g/mol. The number of imidazole rings is 1. The fourth-order valence-electron chi connectivity index (χ4n) is 3.70. The molecule has 152 valence electrons. The Morgan fingerprint density at radius 1 is 1.34 bits per heavy atom. The first-order valence-electron chi connectivity index (χ1n) is 9.38. The molecule has 3 aromatic rings. The van der Waals surface area contributed by atoms with Gasteiger partial charge in [0.05, 0.1) is 5.69 Å². The second kappa shape index (κ2) is 8.46. The third kappa shape index (κ3) is 4.11. The number of halogens is 2. The first-order chi connectivity index (χ1) is 14.1. The van der Waals surface area contributed by atoms with Crippen LogP contribution in [0.4, 0.5) is 14.9 Å². The summed E-state index contributed by atoms with van der Waals surface area (Å²) < 4.78 is 22.1. The molecule has 29 heavy (non-hydrogen) atoms. The van der Waals surface area contributed by atoms with E-state index in [2.05, 4.69) is 35.8 Å². The van der Waals surface area contributed by atoms with Crippen LogP contribution in [-0.4, -0.2) is 45.7 Å². The van der Waals surface area contributed by atoms with Gasteiger partial charge in [-0.2, -0.15) is 0 Å². The predicted molar refractivity (Wildman–Crippen MR) is 111 cm³/mol. The van der Waals surface area contributed by atoms with E-state index < -0.39 is 5.82 Å². The van der Waals surface area contributed by atoms with Crippen LogP contribution in [0.2, 0.25) is 0 Å². The smallest absolute Gasteiger partial charge is 0.321 e. The molecule has 0 atom stereocenters. The average molecular weight is 462 g/mol. The molecule has 2 aromatic heterocycles. The van der Waals surface area contributed by atoms with Gasteiger partial charge in [0.25, 0.3) is 0 Å². The number of fused-ring (bicyclic) bond motifs is 1. The number of anilines is 1. The highest BCUT2D eigenvalue weighted by atomic mass is 79.9. The summed E-state index contributed by atoms with van der Waals surface area (Å²) in [5, 5.41) is 2.66. The molecule has 0 saturated carbocycles. The Labute approximate surface area is 176 Å². The second-order valence-corrected chi connectivity index (χ2v) is 7.87. The van der Waals surface area contributed by atoms with Gasteiger partial charge >= 0.3 is 6.03 Å². The summed E-state index contributed by atoms with van der Waals surface area (Å²) in [7, 11) is 1.64. The van der Waals surface area contributed by atoms with Crippen molar-refractivity contribution in [3.8, 4) is 0 Å². The van der Waals surface area contributed by atoms with Crippen molar-refractivity contribution in [2.45, 2.75) is 25.5 Å². The van der Waals surface area contributed by atoms with Gasteiger partial charge < -0.3 is 19.5 Å². The standard InChI is InChI=1S/C20H21BrFN5O2/c1-29-12-18-24-17-3-2-8-23-19(17)27(18)14-6-9-26(10-7-14)20(28)25-16-5-4-13(21)11-15(16)22/h2-5,8,11,14H,6-7,9-10,12H2,1H3,(H,25,28). The number of aromatic nitrogens is 3. The topological polar surface area (TPSA) is 72.3 Å². The molecule has 0 radical (unpaired) electrons. The summed E-state index contributed by atoms with van der Waals surface area (Å²) in [6.07, 6.45) is 3.27. The maximum atomic E-state index is 14.0. The number of rotatable bonds is 4. The first kappa shape index (κ1) is 19.8. The zero-order valence-corrected chi connectivity index (χ0v) is 17.5. The van der Waals surface area contributed by atoms with Crippen molar-refractivity contribution in [1.82, 2.24) is 19.4 Å². The van der Waals surface area contributed by atoms with E-state index in [1.165, 1.54) is 6.07 Å². The molecule has 1 aliphatic heterocycles. The largest absolute Gasteiger partial charge is 0.377 e. The lowest BCUT2D eigenvalue weighted by Gasteiger charge is -2.33. The van der Waals surface area contributed by atoms with E-state index in [-0.39, 0.29) is 17.8 Å². The number of nitrogens with one attached hydrogen (secondary N) is 1. The molecule has 0 bridgehead atoms. The van der Waals surface area contributed by atoms with Gasteiger partial charge in [0.2, 0.25) is 0 Å². The first-order valence-corrected chi connectivity index (χ1v) is 10.2.